The van der Waals surface area contributed by atoms with E-state index in [1.54, 1.807) is 0 Å². The Labute approximate surface area is 90.0 Å². The van der Waals surface area contributed by atoms with Crippen molar-refractivity contribution in [2.24, 2.45) is 5.92 Å². The minimum Gasteiger partial charge on any atom is -0.469 e. The van der Waals surface area contributed by atoms with E-state index in [0.29, 0.717) is 0 Å². The average Bonchev–Trinajstić information content (AvgIpc) is 2.80. The molecule has 0 bridgehead atoms. The molecule has 1 saturated carbocycles. The molecular weight excluding hydrogens is 221 g/mol. The van der Waals surface area contributed by atoms with Gasteiger partial charge in [0.15, 0.2) is 0 Å². The molecule has 0 radical (unpaired) electrons. The topological polar surface area (TPSA) is 26.3 Å². The molecule has 5 heteroatoms. The lowest BCUT2D eigenvalue weighted by molar-refractivity contribution is -0.144. The van der Waals surface area contributed by atoms with Crippen LogP contribution in [-0.4, -0.2) is 19.0 Å². The fourth-order valence-corrected chi connectivity index (χ4v) is 1.86. The lowest BCUT2D eigenvalue weighted by Gasteiger charge is -1.98. The number of rotatable bonds is 2. The molecule has 0 amide bonds. The van der Waals surface area contributed by atoms with Crippen molar-refractivity contribution in [1.82, 2.24) is 0 Å². The van der Waals surface area contributed by atoms with Gasteiger partial charge < -0.3 is 4.74 Å². The van der Waals surface area contributed by atoms with Crippen LogP contribution < -0.4 is 0 Å². The first-order chi connectivity index (χ1) is 7.48. The van der Waals surface area contributed by atoms with Crippen molar-refractivity contribution in [1.29, 1.82) is 0 Å². The van der Waals surface area contributed by atoms with Crippen LogP contribution >= 0.6 is 0 Å². The van der Waals surface area contributed by atoms with E-state index in [1.165, 1.54) is 12.1 Å². The summed E-state index contributed by atoms with van der Waals surface area (Å²) >= 11 is 0. The van der Waals surface area contributed by atoms with E-state index in [4.69, 9.17) is 0 Å². The van der Waals surface area contributed by atoms with Gasteiger partial charge in [0.1, 0.15) is 11.7 Å². The van der Waals surface area contributed by atoms with E-state index in [1.807, 2.05) is 0 Å². The second-order valence-electron chi connectivity index (χ2n) is 3.71. The van der Waals surface area contributed by atoms with Gasteiger partial charge in [0.2, 0.25) is 0 Å². The largest absolute Gasteiger partial charge is 0.469 e. The second-order valence-corrected chi connectivity index (χ2v) is 3.71. The van der Waals surface area contributed by atoms with Gasteiger partial charge in [-0.1, -0.05) is 12.1 Å². The summed E-state index contributed by atoms with van der Waals surface area (Å²) in [5, 5.41) is 0. The monoisotopic (exact) mass is 230 g/mol. The summed E-state index contributed by atoms with van der Waals surface area (Å²) in [6.45, 7) is 0. The molecule has 0 heterocycles. The minimum absolute atomic E-state index is 0.125. The number of alkyl halides is 2. The van der Waals surface area contributed by atoms with E-state index >= 15 is 0 Å². The molecule has 1 aliphatic rings. The first-order valence-corrected chi connectivity index (χ1v) is 4.69. The van der Waals surface area contributed by atoms with Crippen molar-refractivity contribution >= 4 is 5.97 Å². The van der Waals surface area contributed by atoms with E-state index < -0.39 is 29.5 Å². The van der Waals surface area contributed by atoms with Gasteiger partial charge in [0, 0.05) is 0 Å². The summed E-state index contributed by atoms with van der Waals surface area (Å²) < 4.78 is 43.7. The summed E-state index contributed by atoms with van der Waals surface area (Å²) in [6.07, 6.45) is 0. The standard InChI is InChI=1S/C11H9F3O2/c1-16-10(15)9-8(11(9,13)14)6-3-2-4-7(12)5-6/h2-5,8-9H,1H3/t8-,9-/m0/s1. The molecule has 0 unspecified atom stereocenters. The van der Waals surface area contributed by atoms with Crippen LogP contribution in [0.25, 0.3) is 0 Å². The number of hydrogen-bond acceptors (Lipinski definition) is 2. The molecule has 0 saturated heterocycles. The molecular formula is C11H9F3O2. The number of benzene rings is 1. The van der Waals surface area contributed by atoms with E-state index in [0.717, 1.165) is 19.2 Å². The maximum atomic E-state index is 13.3. The summed E-state index contributed by atoms with van der Waals surface area (Å²) in [4.78, 5) is 11.1. The predicted molar refractivity (Wildman–Crippen MR) is 49.6 cm³/mol. The van der Waals surface area contributed by atoms with Crippen molar-refractivity contribution in [2.75, 3.05) is 7.11 Å². The van der Waals surface area contributed by atoms with E-state index in [2.05, 4.69) is 4.74 Å². The van der Waals surface area contributed by atoms with Crippen molar-refractivity contribution in [3.8, 4) is 0 Å². The lowest BCUT2D eigenvalue weighted by atomic mass is 10.1. The van der Waals surface area contributed by atoms with Crippen LogP contribution in [0, 0.1) is 11.7 Å². The van der Waals surface area contributed by atoms with Crippen LogP contribution in [0.2, 0.25) is 0 Å². The van der Waals surface area contributed by atoms with Gasteiger partial charge in [-0.05, 0) is 17.7 Å². The van der Waals surface area contributed by atoms with Crippen molar-refractivity contribution in [2.45, 2.75) is 11.8 Å². The van der Waals surface area contributed by atoms with Crippen LogP contribution in [0.1, 0.15) is 11.5 Å². The lowest BCUT2D eigenvalue weighted by Crippen LogP contribution is -2.08. The van der Waals surface area contributed by atoms with Crippen LogP contribution in [0.15, 0.2) is 24.3 Å². The molecule has 1 aromatic carbocycles. The molecule has 2 atom stereocenters. The maximum absolute atomic E-state index is 13.3. The highest BCUT2D eigenvalue weighted by Crippen LogP contribution is 2.61. The zero-order chi connectivity index (χ0) is 11.9. The summed E-state index contributed by atoms with van der Waals surface area (Å²) in [5.74, 6) is -7.45. The number of methoxy groups -OCH3 is 1. The Kier molecular flexibility index (Phi) is 2.40. The fourth-order valence-electron chi connectivity index (χ4n) is 1.86. The maximum Gasteiger partial charge on any atom is 0.315 e. The highest BCUT2D eigenvalue weighted by Gasteiger charge is 2.73. The first-order valence-electron chi connectivity index (χ1n) is 4.69. The molecule has 0 aromatic heterocycles. The number of esters is 1. The van der Waals surface area contributed by atoms with Crippen LogP contribution in [-0.2, 0) is 9.53 Å². The zero-order valence-corrected chi connectivity index (χ0v) is 8.41. The normalized spacial score (nSPS) is 26.2. The highest BCUT2D eigenvalue weighted by atomic mass is 19.3. The van der Waals surface area contributed by atoms with Crippen molar-refractivity contribution < 1.29 is 22.7 Å². The Morgan fingerprint density at radius 3 is 2.69 bits per heavy atom. The van der Waals surface area contributed by atoms with Gasteiger partial charge in [-0.25, -0.2) is 13.2 Å². The Morgan fingerprint density at radius 1 is 1.44 bits per heavy atom. The van der Waals surface area contributed by atoms with Gasteiger partial charge in [-0.3, -0.25) is 4.79 Å². The fraction of sp³-hybridized carbons (Fsp3) is 0.364. The van der Waals surface area contributed by atoms with Gasteiger partial charge in [0.05, 0.1) is 13.0 Å². The Bertz CT molecular complexity index is 431. The molecule has 2 rings (SSSR count). The van der Waals surface area contributed by atoms with E-state index in [-0.39, 0.29) is 5.56 Å². The van der Waals surface area contributed by atoms with Crippen LogP contribution in [0.5, 0.6) is 0 Å². The summed E-state index contributed by atoms with van der Waals surface area (Å²) in [6, 6.07) is 4.90. The van der Waals surface area contributed by atoms with Crippen LogP contribution in [0.4, 0.5) is 13.2 Å². The number of carbonyl (C=O) groups is 1. The molecule has 0 aliphatic heterocycles. The predicted octanol–water partition coefficient (Wildman–Crippen LogP) is 2.35. The third-order valence-electron chi connectivity index (χ3n) is 2.72. The molecule has 0 N–H and O–H groups in total. The molecule has 1 aliphatic carbocycles. The molecule has 16 heavy (non-hydrogen) atoms. The SMILES string of the molecule is COC(=O)[C@@H]1[C@H](c2cccc(F)c2)C1(F)F. The van der Waals surface area contributed by atoms with Crippen molar-refractivity contribution in [3.63, 3.8) is 0 Å². The first kappa shape index (κ1) is 11.0. The zero-order valence-electron chi connectivity index (χ0n) is 8.41. The number of hydrogen-bond donors (Lipinski definition) is 0. The Balaban J connectivity index is 2.27. The average molecular weight is 230 g/mol. The smallest absolute Gasteiger partial charge is 0.315 e. The third kappa shape index (κ3) is 1.56. The number of carbonyl (C=O) groups excluding carboxylic acids is 1. The second kappa shape index (κ2) is 3.50. The van der Waals surface area contributed by atoms with Gasteiger partial charge >= 0.3 is 5.97 Å². The van der Waals surface area contributed by atoms with Gasteiger partial charge in [-0.2, -0.15) is 0 Å². The van der Waals surface area contributed by atoms with Crippen molar-refractivity contribution in [3.05, 3.63) is 35.6 Å². The van der Waals surface area contributed by atoms with Gasteiger partial charge in [-0.15, -0.1) is 0 Å². The quantitative estimate of drug-likeness (QED) is 0.729. The summed E-state index contributed by atoms with van der Waals surface area (Å²) in [7, 11) is 1.05. The molecule has 1 aromatic rings. The van der Waals surface area contributed by atoms with E-state index in [9.17, 15) is 18.0 Å². The number of ether oxygens (including phenoxy) is 1. The highest BCUT2D eigenvalue weighted by molar-refractivity contribution is 5.80. The number of halogens is 3. The van der Waals surface area contributed by atoms with Gasteiger partial charge in [0.25, 0.3) is 5.92 Å². The molecule has 2 nitrogen and oxygen atoms in total. The molecule has 86 valence electrons. The molecule has 1 fully saturated rings. The Morgan fingerprint density at radius 2 is 2.12 bits per heavy atom. The Hall–Kier alpha value is -1.52. The third-order valence-corrected chi connectivity index (χ3v) is 2.72. The summed E-state index contributed by atoms with van der Waals surface area (Å²) in [5.41, 5.74) is 0.125. The minimum atomic E-state index is -3.14. The molecule has 0 spiro atoms. The van der Waals surface area contributed by atoms with Crippen LogP contribution in [0.3, 0.4) is 0 Å².